The van der Waals surface area contributed by atoms with Crippen molar-refractivity contribution in [1.29, 1.82) is 0 Å². The van der Waals surface area contributed by atoms with E-state index in [-0.39, 0.29) is 17.9 Å². The van der Waals surface area contributed by atoms with Gasteiger partial charge in [0.2, 0.25) is 5.89 Å². The molecular formula is C19H24N6O3. The number of amides is 2. The molecule has 0 radical (unpaired) electrons. The number of carbonyl (C=O) groups excluding carboxylic acids is 1. The molecule has 1 atom stereocenters. The SMILES string of the molecule is CC(C)c1noc([C@@H]2CCCN(C(=O)Nc3ccnn3Cc3ccco3)C2)n1. The highest BCUT2D eigenvalue weighted by Crippen LogP contribution is 2.27. The molecule has 0 spiro atoms. The summed E-state index contributed by atoms with van der Waals surface area (Å²) < 4.78 is 12.5. The van der Waals surface area contributed by atoms with E-state index < -0.39 is 0 Å². The van der Waals surface area contributed by atoms with Crippen LogP contribution in [0, 0.1) is 0 Å². The summed E-state index contributed by atoms with van der Waals surface area (Å²) >= 11 is 0. The number of carbonyl (C=O) groups is 1. The lowest BCUT2D eigenvalue weighted by molar-refractivity contribution is 0.184. The number of furan rings is 1. The van der Waals surface area contributed by atoms with Crippen molar-refractivity contribution in [2.75, 3.05) is 18.4 Å². The Kier molecular flexibility index (Phi) is 5.14. The fourth-order valence-electron chi connectivity index (χ4n) is 3.31. The summed E-state index contributed by atoms with van der Waals surface area (Å²) in [5, 5.41) is 11.3. The largest absolute Gasteiger partial charge is 0.467 e. The smallest absolute Gasteiger partial charge is 0.323 e. The first kappa shape index (κ1) is 18.3. The van der Waals surface area contributed by atoms with Crippen molar-refractivity contribution >= 4 is 11.8 Å². The molecule has 4 rings (SSSR count). The highest BCUT2D eigenvalue weighted by Gasteiger charge is 2.29. The van der Waals surface area contributed by atoms with Gasteiger partial charge in [0.25, 0.3) is 0 Å². The van der Waals surface area contributed by atoms with Crippen molar-refractivity contribution < 1.29 is 13.7 Å². The van der Waals surface area contributed by atoms with Crippen molar-refractivity contribution in [3.63, 3.8) is 0 Å². The molecule has 0 aromatic carbocycles. The molecule has 1 aliphatic heterocycles. The Morgan fingerprint density at radius 1 is 1.39 bits per heavy atom. The molecule has 1 fully saturated rings. The lowest BCUT2D eigenvalue weighted by Crippen LogP contribution is -2.42. The molecule has 148 valence electrons. The zero-order chi connectivity index (χ0) is 19.5. The van der Waals surface area contributed by atoms with Crippen LogP contribution in [-0.4, -0.2) is 43.9 Å². The summed E-state index contributed by atoms with van der Waals surface area (Å²) in [5.74, 6) is 3.00. The maximum atomic E-state index is 12.8. The Morgan fingerprint density at radius 3 is 3.04 bits per heavy atom. The summed E-state index contributed by atoms with van der Waals surface area (Å²) in [6.07, 6.45) is 5.10. The van der Waals surface area contributed by atoms with Crippen molar-refractivity contribution in [3.05, 3.63) is 48.1 Å². The van der Waals surface area contributed by atoms with Gasteiger partial charge in [-0.1, -0.05) is 19.0 Å². The van der Waals surface area contributed by atoms with Gasteiger partial charge < -0.3 is 13.8 Å². The molecule has 1 aliphatic rings. The monoisotopic (exact) mass is 384 g/mol. The molecular weight excluding hydrogens is 360 g/mol. The standard InChI is InChI=1S/C19H24N6O3/c1-13(2)17-22-18(28-23-17)14-5-3-9-24(11-14)19(26)21-16-7-8-20-25(16)12-15-6-4-10-27-15/h4,6-8,10,13-14H,3,5,9,11-12H2,1-2H3,(H,21,26)/t14-/m1/s1. The average molecular weight is 384 g/mol. The summed E-state index contributed by atoms with van der Waals surface area (Å²) in [6.45, 7) is 5.76. The van der Waals surface area contributed by atoms with E-state index >= 15 is 0 Å². The Bertz CT molecular complexity index is 914. The lowest BCUT2D eigenvalue weighted by Gasteiger charge is -2.31. The van der Waals surface area contributed by atoms with Gasteiger partial charge in [0.1, 0.15) is 18.1 Å². The first-order valence-electron chi connectivity index (χ1n) is 9.54. The van der Waals surface area contributed by atoms with Gasteiger partial charge in [-0.2, -0.15) is 10.1 Å². The molecule has 0 aliphatic carbocycles. The third-order valence-electron chi connectivity index (χ3n) is 4.87. The van der Waals surface area contributed by atoms with Crippen LogP contribution in [0.4, 0.5) is 10.6 Å². The van der Waals surface area contributed by atoms with Gasteiger partial charge in [-0.25, -0.2) is 9.48 Å². The Hall–Kier alpha value is -3.10. The summed E-state index contributed by atoms with van der Waals surface area (Å²) in [5.41, 5.74) is 0. The maximum Gasteiger partial charge on any atom is 0.323 e. The molecule has 0 saturated carbocycles. The average Bonchev–Trinajstić information content (AvgIpc) is 3.45. The zero-order valence-corrected chi connectivity index (χ0v) is 16.0. The molecule has 1 saturated heterocycles. The molecule has 0 bridgehead atoms. The van der Waals surface area contributed by atoms with E-state index in [1.54, 1.807) is 28.1 Å². The van der Waals surface area contributed by atoms with Crippen molar-refractivity contribution in [2.24, 2.45) is 0 Å². The molecule has 1 N–H and O–H groups in total. The molecule has 3 aromatic heterocycles. The number of urea groups is 1. The number of hydrogen-bond acceptors (Lipinski definition) is 6. The highest BCUT2D eigenvalue weighted by molar-refractivity contribution is 5.88. The van der Waals surface area contributed by atoms with E-state index in [0.29, 0.717) is 37.2 Å². The Morgan fingerprint density at radius 2 is 2.29 bits per heavy atom. The van der Waals surface area contributed by atoms with Crippen LogP contribution in [0.2, 0.25) is 0 Å². The fourth-order valence-corrected chi connectivity index (χ4v) is 3.31. The van der Waals surface area contributed by atoms with E-state index in [4.69, 9.17) is 8.94 Å². The van der Waals surface area contributed by atoms with Crippen LogP contribution in [0.15, 0.2) is 39.6 Å². The molecule has 9 nitrogen and oxygen atoms in total. The zero-order valence-electron chi connectivity index (χ0n) is 16.0. The highest BCUT2D eigenvalue weighted by atomic mass is 16.5. The first-order chi connectivity index (χ1) is 13.6. The van der Waals surface area contributed by atoms with E-state index in [1.165, 1.54) is 0 Å². The maximum absolute atomic E-state index is 12.8. The minimum absolute atomic E-state index is 0.0625. The number of nitrogens with one attached hydrogen (secondary N) is 1. The molecule has 9 heteroatoms. The number of piperidine rings is 1. The van der Waals surface area contributed by atoms with Gasteiger partial charge >= 0.3 is 6.03 Å². The van der Waals surface area contributed by atoms with Gasteiger partial charge in [0.15, 0.2) is 5.82 Å². The summed E-state index contributed by atoms with van der Waals surface area (Å²) in [7, 11) is 0. The van der Waals surface area contributed by atoms with Gasteiger partial charge in [-0.05, 0) is 25.0 Å². The van der Waals surface area contributed by atoms with Crippen molar-refractivity contribution in [3.8, 4) is 0 Å². The number of anilines is 1. The molecule has 28 heavy (non-hydrogen) atoms. The van der Waals surface area contributed by atoms with Gasteiger partial charge in [0, 0.05) is 25.1 Å². The second kappa shape index (κ2) is 7.87. The Labute approximate surface area is 162 Å². The molecule has 2 amide bonds. The van der Waals surface area contributed by atoms with Crippen LogP contribution in [0.5, 0.6) is 0 Å². The van der Waals surface area contributed by atoms with Crippen molar-refractivity contribution in [2.45, 2.75) is 45.1 Å². The number of nitrogens with zero attached hydrogens (tertiary/aromatic N) is 5. The normalized spacial score (nSPS) is 17.2. The first-order valence-corrected chi connectivity index (χ1v) is 9.54. The van der Waals surface area contributed by atoms with Gasteiger partial charge in [0.05, 0.1) is 18.4 Å². The minimum Gasteiger partial charge on any atom is -0.467 e. The lowest BCUT2D eigenvalue weighted by atomic mass is 9.98. The number of rotatable bonds is 5. The second-order valence-corrected chi connectivity index (χ2v) is 7.31. The van der Waals surface area contributed by atoms with Gasteiger partial charge in [-0.15, -0.1) is 0 Å². The van der Waals surface area contributed by atoms with E-state index in [2.05, 4.69) is 20.6 Å². The minimum atomic E-state index is -0.158. The van der Waals surface area contributed by atoms with Gasteiger partial charge in [-0.3, -0.25) is 5.32 Å². The number of hydrogen-bond donors (Lipinski definition) is 1. The van der Waals surface area contributed by atoms with E-state index in [0.717, 1.165) is 18.6 Å². The molecule has 4 heterocycles. The second-order valence-electron chi connectivity index (χ2n) is 7.31. The summed E-state index contributed by atoms with van der Waals surface area (Å²) in [6, 6.07) is 5.32. The molecule has 0 unspecified atom stereocenters. The predicted octanol–water partition coefficient (Wildman–Crippen LogP) is 3.44. The van der Waals surface area contributed by atoms with Crippen molar-refractivity contribution in [1.82, 2.24) is 24.8 Å². The van der Waals surface area contributed by atoms with E-state index in [9.17, 15) is 4.79 Å². The van der Waals surface area contributed by atoms with Crippen LogP contribution in [0.25, 0.3) is 0 Å². The van der Waals surface area contributed by atoms with Crippen LogP contribution >= 0.6 is 0 Å². The van der Waals surface area contributed by atoms with Crippen LogP contribution in [0.1, 0.15) is 56.0 Å². The predicted molar refractivity (Wildman–Crippen MR) is 101 cm³/mol. The van der Waals surface area contributed by atoms with Crippen LogP contribution in [-0.2, 0) is 6.54 Å². The fraction of sp³-hybridized carbons (Fsp3) is 0.474. The Balaban J connectivity index is 1.40. The van der Waals surface area contributed by atoms with Crippen LogP contribution in [0.3, 0.4) is 0 Å². The third-order valence-corrected chi connectivity index (χ3v) is 4.87. The third kappa shape index (κ3) is 3.92. The molecule has 3 aromatic rings. The summed E-state index contributed by atoms with van der Waals surface area (Å²) in [4.78, 5) is 19.1. The number of aromatic nitrogens is 4. The quantitative estimate of drug-likeness (QED) is 0.723. The number of likely N-dealkylation sites (tertiary alicyclic amines) is 1. The van der Waals surface area contributed by atoms with E-state index in [1.807, 2.05) is 26.0 Å². The topological polar surface area (TPSA) is 102 Å². The van der Waals surface area contributed by atoms with Crippen LogP contribution < -0.4 is 5.32 Å².